The summed E-state index contributed by atoms with van der Waals surface area (Å²) in [5.41, 5.74) is 0.989. The zero-order valence-corrected chi connectivity index (χ0v) is 18.8. The normalized spacial score (nSPS) is 27.5. The Labute approximate surface area is 187 Å². The Kier molecular flexibility index (Phi) is 5.16. The fourth-order valence-corrected chi connectivity index (χ4v) is 6.05. The van der Waals surface area contributed by atoms with E-state index in [1.54, 1.807) is 4.68 Å². The van der Waals surface area contributed by atoms with Crippen LogP contribution in [-0.4, -0.2) is 37.4 Å². The van der Waals surface area contributed by atoms with E-state index in [1.807, 2.05) is 37.1 Å². The van der Waals surface area contributed by atoms with E-state index in [-0.39, 0.29) is 17.6 Å². The Morgan fingerprint density at radius 1 is 1.32 bits per heavy atom. The minimum Gasteiger partial charge on any atom is -0.363 e. The van der Waals surface area contributed by atoms with E-state index < -0.39 is 18.1 Å². The van der Waals surface area contributed by atoms with Gasteiger partial charge in [-0.25, -0.2) is 4.68 Å². The highest BCUT2D eigenvalue weighted by Gasteiger charge is 2.53. The summed E-state index contributed by atoms with van der Waals surface area (Å²) in [5.74, 6) is -3.03. The molecule has 7 nitrogen and oxygen atoms in total. The summed E-state index contributed by atoms with van der Waals surface area (Å²) in [6.07, 6.45) is 6.78. The van der Waals surface area contributed by atoms with E-state index in [9.17, 15) is 8.78 Å². The molecule has 0 aliphatic carbocycles. The fourth-order valence-electron chi connectivity index (χ4n) is 4.60. The Bertz CT molecular complexity index is 1100. The van der Waals surface area contributed by atoms with Crippen molar-refractivity contribution in [2.75, 3.05) is 6.61 Å². The smallest absolute Gasteiger partial charge is 0.297 e. The van der Waals surface area contributed by atoms with Gasteiger partial charge in [0, 0.05) is 41.2 Å². The summed E-state index contributed by atoms with van der Waals surface area (Å²) < 4.78 is 38.8. The monoisotopic (exact) mass is 468 g/mol. The van der Waals surface area contributed by atoms with Gasteiger partial charge in [0.25, 0.3) is 5.92 Å². The molecule has 166 valence electrons. The maximum Gasteiger partial charge on any atom is 0.297 e. The number of thiophene rings is 1. The average molecular weight is 469 g/mol. The van der Waals surface area contributed by atoms with Crippen molar-refractivity contribution in [2.45, 2.75) is 63.4 Å². The number of nitrogens with zero attached hydrogens (tertiary/aromatic N) is 5. The molecule has 3 aromatic heterocycles. The van der Waals surface area contributed by atoms with Gasteiger partial charge in [0.15, 0.2) is 0 Å². The standard InChI is InChI=1S/C20H23ClF2N6OS/c1-3-28-8-13(7-24-28)9-29-10-16(26-27-29)15-6-19(5-12(2)25-15)18-14(4-17(21)31-18)20(22,23)11-30-19/h4,7-8,10,12,15,25H,3,5-6,9,11H2,1-2H3/t12-,15-,19-/m0/s1. The van der Waals surface area contributed by atoms with Crippen LogP contribution in [0.4, 0.5) is 8.78 Å². The molecule has 2 aliphatic heterocycles. The highest BCUT2D eigenvalue weighted by atomic mass is 35.5. The first-order valence-corrected chi connectivity index (χ1v) is 11.5. The van der Waals surface area contributed by atoms with Crippen molar-refractivity contribution in [1.82, 2.24) is 30.1 Å². The van der Waals surface area contributed by atoms with Crippen LogP contribution in [0.2, 0.25) is 4.34 Å². The number of aromatic nitrogens is 5. The van der Waals surface area contributed by atoms with E-state index in [4.69, 9.17) is 16.3 Å². The summed E-state index contributed by atoms with van der Waals surface area (Å²) in [6.45, 7) is 4.80. The van der Waals surface area contributed by atoms with Gasteiger partial charge in [0.1, 0.15) is 12.2 Å². The van der Waals surface area contributed by atoms with Crippen LogP contribution >= 0.6 is 22.9 Å². The molecule has 31 heavy (non-hydrogen) atoms. The van der Waals surface area contributed by atoms with Crippen molar-refractivity contribution in [3.8, 4) is 0 Å². The second-order valence-electron chi connectivity index (χ2n) is 8.35. The third kappa shape index (κ3) is 3.79. The van der Waals surface area contributed by atoms with Crippen LogP contribution in [-0.2, 0) is 29.3 Å². The Morgan fingerprint density at radius 3 is 2.94 bits per heavy atom. The Hall–Kier alpha value is -1.88. The van der Waals surface area contributed by atoms with Crippen molar-refractivity contribution >= 4 is 22.9 Å². The van der Waals surface area contributed by atoms with Crippen LogP contribution in [0, 0.1) is 0 Å². The minimum atomic E-state index is -3.03. The number of fused-ring (bicyclic) bond motifs is 2. The van der Waals surface area contributed by atoms with Gasteiger partial charge in [0.05, 0.1) is 35.0 Å². The average Bonchev–Trinajstić information content (AvgIpc) is 3.46. The summed E-state index contributed by atoms with van der Waals surface area (Å²) in [7, 11) is 0. The van der Waals surface area contributed by atoms with Gasteiger partial charge in [-0.2, -0.15) is 13.9 Å². The van der Waals surface area contributed by atoms with Crippen molar-refractivity contribution in [3.63, 3.8) is 0 Å². The third-order valence-electron chi connectivity index (χ3n) is 5.96. The molecule has 3 atom stereocenters. The fraction of sp³-hybridized carbons (Fsp3) is 0.550. The highest BCUT2D eigenvalue weighted by Crippen LogP contribution is 2.54. The predicted octanol–water partition coefficient (Wildman–Crippen LogP) is 4.09. The van der Waals surface area contributed by atoms with Gasteiger partial charge < -0.3 is 10.1 Å². The number of hydrogen-bond acceptors (Lipinski definition) is 6. The van der Waals surface area contributed by atoms with Gasteiger partial charge in [0.2, 0.25) is 0 Å². The van der Waals surface area contributed by atoms with Crippen molar-refractivity contribution < 1.29 is 13.5 Å². The molecule has 3 aromatic rings. The van der Waals surface area contributed by atoms with Gasteiger partial charge in [-0.1, -0.05) is 16.8 Å². The zero-order valence-electron chi connectivity index (χ0n) is 17.2. The Balaban J connectivity index is 1.41. The lowest BCUT2D eigenvalue weighted by atomic mass is 9.78. The summed E-state index contributed by atoms with van der Waals surface area (Å²) >= 11 is 7.34. The number of halogens is 3. The summed E-state index contributed by atoms with van der Waals surface area (Å²) in [4.78, 5) is 0.534. The molecule has 5 heterocycles. The van der Waals surface area contributed by atoms with Crippen LogP contribution in [0.25, 0.3) is 0 Å². The lowest BCUT2D eigenvalue weighted by Gasteiger charge is -2.47. The number of ether oxygens (including phenoxy) is 1. The molecule has 11 heteroatoms. The number of piperidine rings is 1. The third-order valence-corrected chi connectivity index (χ3v) is 7.41. The van der Waals surface area contributed by atoms with E-state index in [0.29, 0.717) is 28.6 Å². The lowest BCUT2D eigenvalue weighted by molar-refractivity contribution is -0.183. The van der Waals surface area contributed by atoms with E-state index in [2.05, 4.69) is 20.7 Å². The molecule has 0 amide bonds. The maximum absolute atomic E-state index is 14.5. The molecule has 0 radical (unpaired) electrons. The molecule has 5 rings (SSSR count). The van der Waals surface area contributed by atoms with Gasteiger partial charge in [-0.05, 0) is 26.3 Å². The molecular formula is C20H23ClF2N6OS. The number of alkyl halides is 2. The Morgan fingerprint density at radius 2 is 2.16 bits per heavy atom. The SMILES string of the molecule is CCn1cc(Cn2cc([C@@H]3C[C@]4(C[C@H](C)N3)OCC(F)(F)c3cc(Cl)sc34)nn2)cn1. The van der Waals surface area contributed by atoms with Crippen molar-refractivity contribution in [3.05, 3.63) is 50.7 Å². The van der Waals surface area contributed by atoms with Crippen LogP contribution in [0.3, 0.4) is 0 Å². The molecule has 2 aliphatic rings. The van der Waals surface area contributed by atoms with E-state index >= 15 is 0 Å². The largest absolute Gasteiger partial charge is 0.363 e. The first-order valence-electron chi connectivity index (χ1n) is 10.3. The van der Waals surface area contributed by atoms with Crippen LogP contribution < -0.4 is 5.32 Å². The van der Waals surface area contributed by atoms with Gasteiger partial charge >= 0.3 is 0 Å². The minimum absolute atomic E-state index is 0.00168. The van der Waals surface area contributed by atoms with Crippen molar-refractivity contribution in [2.24, 2.45) is 0 Å². The summed E-state index contributed by atoms with van der Waals surface area (Å²) in [6, 6.07) is 1.27. The molecular weight excluding hydrogens is 446 g/mol. The summed E-state index contributed by atoms with van der Waals surface area (Å²) in [5, 5.41) is 16.4. The zero-order chi connectivity index (χ0) is 21.8. The highest BCUT2D eigenvalue weighted by molar-refractivity contribution is 7.16. The van der Waals surface area contributed by atoms with Gasteiger partial charge in [-0.3, -0.25) is 4.68 Å². The maximum atomic E-state index is 14.5. The van der Waals surface area contributed by atoms with Crippen LogP contribution in [0.1, 0.15) is 54.4 Å². The van der Waals surface area contributed by atoms with Gasteiger partial charge in [-0.15, -0.1) is 16.4 Å². The molecule has 1 spiro atoms. The molecule has 0 aromatic carbocycles. The quantitative estimate of drug-likeness (QED) is 0.624. The lowest BCUT2D eigenvalue weighted by Crippen LogP contribution is -2.51. The topological polar surface area (TPSA) is 69.8 Å². The molecule has 1 N–H and O–H groups in total. The molecule has 1 fully saturated rings. The number of aryl methyl sites for hydroxylation is 1. The molecule has 0 bridgehead atoms. The van der Waals surface area contributed by atoms with Crippen LogP contribution in [0.5, 0.6) is 0 Å². The predicted molar refractivity (Wildman–Crippen MR) is 112 cm³/mol. The first-order chi connectivity index (χ1) is 14.8. The van der Waals surface area contributed by atoms with E-state index in [1.165, 1.54) is 17.4 Å². The molecule has 0 saturated carbocycles. The second kappa shape index (κ2) is 7.61. The number of nitrogens with one attached hydrogen (secondary N) is 1. The molecule has 1 saturated heterocycles. The first kappa shape index (κ1) is 21.0. The number of hydrogen-bond donors (Lipinski definition) is 1. The van der Waals surface area contributed by atoms with Crippen molar-refractivity contribution in [1.29, 1.82) is 0 Å². The number of rotatable bonds is 4. The van der Waals surface area contributed by atoms with E-state index in [0.717, 1.165) is 17.8 Å². The molecule has 0 unspecified atom stereocenters. The second-order valence-corrected chi connectivity index (χ2v) is 10.0. The van der Waals surface area contributed by atoms with Crippen LogP contribution in [0.15, 0.2) is 24.7 Å².